The molecule has 0 fully saturated rings. The Labute approximate surface area is 551 Å². The molecule has 0 amide bonds. The molecule has 5 nitrogen and oxygen atoms in total. The molecule has 0 saturated carbocycles. The number of nitrogens with zero attached hydrogens (tertiary/aromatic N) is 4. The number of ether oxygens (including phenoxy) is 1. The van der Waals surface area contributed by atoms with Crippen molar-refractivity contribution in [2.24, 2.45) is 0 Å². The number of fused-ring (bicyclic) bond motifs is 4. The first-order valence-corrected chi connectivity index (χ1v) is 27.7. The molecule has 0 aliphatic rings. The number of aromatic nitrogens is 4. The van der Waals surface area contributed by atoms with Gasteiger partial charge in [0.1, 0.15) is 5.82 Å². The van der Waals surface area contributed by atoms with E-state index in [0.717, 1.165) is 6.20 Å². The molecule has 84 heavy (non-hydrogen) atoms. The molecule has 0 aliphatic carbocycles. The minimum Gasteiger partial charge on any atom is -0.510 e. The number of para-hydroxylation sites is 2. The monoisotopic (exact) mass is 1310 g/mol. The summed E-state index contributed by atoms with van der Waals surface area (Å²) in [5, 5.41) is -2.87. The first-order chi connectivity index (χ1) is 53.9. The Morgan fingerprint density at radius 3 is 1.83 bits per heavy atom. The molecule has 11 aromatic carbocycles. The summed E-state index contributed by atoms with van der Waals surface area (Å²) in [6, 6.07) is 4.29. The Balaban J connectivity index is 0.0000117. The van der Waals surface area contributed by atoms with Gasteiger partial charge < -0.3 is 13.9 Å². The van der Waals surface area contributed by atoms with Crippen LogP contribution in [0.2, 0.25) is 0 Å². The van der Waals surface area contributed by atoms with Gasteiger partial charge in [0.15, 0.2) is 8.07 Å². The van der Waals surface area contributed by atoms with Gasteiger partial charge in [0.05, 0.1) is 56.5 Å². The smallest absolute Gasteiger partial charge is 0.268 e. The second kappa shape index (κ2) is 22.4. The van der Waals surface area contributed by atoms with Crippen LogP contribution in [0, 0.1) is 25.3 Å². The second-order valence-electron chi connectivity index (χ2n) is 20.0. The molecule has 3 heterocycles. The first-order valence-electron chi connectivity index (χ1n) is 41.7. The van der Waals surface area contributed by atoms with E-state index in [2.05, 4.69) is 23.4 Å². The first kappa shape index (κ1) is 28.7. The van der Waals surface area contributed by atoms with Crippen molar-refractivity contribution in [1.82, 2.24) is 14.1 Å². The van der Waals surface area contributed by atoms with Crippen molar-refractivity contribution in [1.29, 1.82) is 0 Å². The third-order valence-corrected chi connectivity index (χ3v) is 18.1. The van der Waals surface area contributed by atoms with Crippen LogP contribution in [0.5, 0.6) is 11.5 Å². The number of hydrogen-bond donors (Lipinski definition) is 0. The quantitative estimate of drug-likeness (QED) is 0.0529. The van der Waals surface area contributed by atoms with E-state index in [1.165, 1.54) is 45.5 Å². The van der Waals surface area contributed by atoms with E-state index in [4.69, 9.17) is 34.9 Å². The maximum atomic E-state index is 10.9. The van der Waals surface area contributed by atoms with Gasteiger partial charge in [0.25, 0.3) is 6.33 Å². The van der Waals surface area contributed by atoms with Gasteiger partial charge in [-0.2, -0.15) is 18.2 Å². The molecule has 0 unspecified atom stereocenters. The molecule has 14 rings (SSSR count). The molecular formula is C77H58N4OPtSi-2. The van der Waals surface area contributed by atoms with E-state index in [9.17, 15) is 13.7 Å². The molecule has 0 saturated heterocycles. The van der Waals surface area contributed by atoms with Crippen LogP contribution in [0.15, 0.2) is 278 Å². The van der Waals surface area contributed by atoms with E-state index >= 15 is 0 Å². The fourth-order valence-electron chi connectivity index (χ4n) is 10.4. The third kappa shape index (κ3) is 9.61. The number of benzene rings is 11. The van der Waals surface area contributed by atoms with Crippen molar-refractivity contribution in [2.45, 2.75) is 33.0 Å². The zero-order valence-corrected chi connectivity index (χ0v) is 47.6. The van der Waals surface area contributed by atoms with Crippen molar-refractivity contribution in [3.8, 4) is 62.1 Å². The fraction of sp³-hybridized carbons (Fsp3) is 0.0649. The number of imidazole rings is 1. The molecule has 0 spiro atoms. The zero-order chi connectivity index (χ0) is 83.8. The van der Waals surface area contributed by atoms with E-state index in [1.54, 1.807) is 79.9 Å². The Bertz CT molecular complexity index is 6320. The Morgan fingerprint density at radius 1 is 0.536 bits per heavy atom. The van der Waals surface area contributed by atoms with Crippen LogP contribution in [-0.4, -0.2) is 22.2 Å². The summed E-state index contributed by atoms with van der Waals surface area (Å²) < 4.78 is 304. The predicted octanol–water partition coefficient (Wildman–Crippen LogP) is 15.6. The number of pyridine rings is 1. The summed E-state index contributed by atoms with van der Waals surface area (Å²) >= 11 is 0. The average Bonchev–Trinajstić information content (AvgIpc) is 0.826. The van der Waals surface area contributed by atoms with Crippen LogP contribution in [0.1, 0.15) is 75.8 Å². The van der Waals surface area contributed by atoms with Crippen LogP contribution in [0.25, 0.3) is 83.4 Å². The summed E-state index contributed by atoms with van der Waals surface area (Å²) in [4.78, 5) is 4.67. The van der Waals surface area contributed by atoms with E-state index in [0.29, 0.717) is 27.4 Å². The maximum absolute atomic E-state index is 10.9. The van der Waals surface area contributed by atoms with Gasteiger partial charge in [0.2, 0.25) is 0 Å². The summed E-state index contributed by atoms with van der Waals surface area (Å²) in [5.74, 6) is 0.103. The van der Waals surface area contributed by atoms with Crippen molar-refractivity contribution in [3.05, 3.63) is 308 Å². The third-order valence-electron chi connectivity index (χ3n) is 14.1. The summed E-state index contributed by atoms with van der Waals surface area (Å²) in [5.41, 5.74) is -1.29. The maximum Gasteiger partial charge on any atom is 0.268 e. The Hall–Kier alpha value is -9.45. The van der Waals surface area contributed by atoms with E-state index in [-0.39, 0.29) is 94.2 Å². The fourth-order valence-corrected chi connectivity index (χ4v) is 14.0. The molecule has 7 heteroatoms. The molecule has 0 N–H and O–H groups in total. The molecule has 0 radical (unpaired) electrons. The number of aryl methyl sites for hydroxylation is 1. The van der Waals surface area contributed by atoms with Crippen LogP contribution in [-0.2, 0) is 26.5 Å². The van der Waals surface area contributed by atoms with Gasteiger partial charge in [-0.1, -0.05) is 250 Å². The van der Waals surface area contributed by atoms with Crippen molar-refractivity contribution < 1.29 is 74.2 Å². The standard InChI is InChI=1S/C77H58N4OSi.Pt/c1-54-47-75(78-52-69(54)56-27-12-6-13-28-56)81-71-42-21-20-39-67(71)68-45-44-61(51-73(68)81)82-60-31-23-30-59(50-60)79-53-80(72-46-43-57(49-74(72)79)55-25-10-5-11-26-55)76-66(40-24-41-70(76)77(2,3)4)58-29-22-38-65(48-58)83(62-32-14-7-15-33-62,63-34-16-8-17-35-63)64-36-18-9-19-37-64;/h5-49,52H,1-4H3;/q-2;/i1D3,5D,6D,7D,8D,9D,10D,11D,12D,13D,14D,15D,16D,17D,18D,19D,22D,25D,26D,27D,28D,29D,32D,33D,34D,35D,36D,37D,38D,48D;. The van der Waals surface area contributed by atoms with Gasteiger partial charge in [0, 0.05) is 54.0 Å². The van der Waals surface area contributed by atoms with E-state index < -0.39 is 222 Å². The zero-order valence-electron chi connectivity index (χ0n) is 76.3. The normalized spacial score (nSPS) is 17.2. The molecule has 14 aromatic rings. The Kier molecular flexibility index (Phi) is 7.64. The molecule has 408 valence electrons. The molecule has 0 atom stereocenters. The number of hydrogen-bond acceptors (Lipinski definition) is 2. The minimum absolute atomic E-state index is 0. The van der Waals surface area contributed by atoms with Crippen molar-refractivity contribution in [3.63, 3.8) is 0 Å². The topological polar surface area (TPSA) is 35.9 Å². The molecule has 3 aromatic heterocycles. The largest absolute Gasteiger partial charge is 0.510 e. The average molecular weight is 1310 g/mol. The van der Waals surface area contributed by atoms with Crippen LogP contribution < -0.4 is 30.1 Å². The molecule has 0 bridgehead atoms. The minimum atomic E-state index is -6.35. The molecular weight excluding hydrogens is 1220 g/mol. The van der Waals surface area contributed by atoms with Gasteiger partial charge in [-0.25, -0.2) is 4.98 Å². The van der Waals surface area contributed by atoms with Crippen molar-refractivity contribution in [2.75, 3.05) is 0 Å². The summed E-state index contributed by atoms with van der Waals surface area (Å²) in [6.07, 6.45) is 4.53. The van der Waals surface area contributed by atoms with Crippen LogP contribution >= 0.6 is 0 Å². The second-order valence-corrected chi connectivity index (χ2v) is 23.5. The van der Waals surface area contributed by atoms with Crippen molar-refractivity contribution >= 4 is 61.7 Å². The van der Waals surface area contributed by atoms with Gasteiger partial charge in [-0.3, -0.25) is 4.57 Å². The predicted molar refractivity (Wildman–Crippen MR) is 343 cm³/mol. The van der Waals surface area contributed by atoms with Gasteiger partial charge in [-0.15, -0.1) is 29.7 Å². The van der Waals surface area contributed by atoms with E-state index in [1.807, 2.05) is 6.07 Å². The molecule has 0 aliphatic heterocycles. The SMILES string of the molecule is [2H]c1c([2H])c([2H])c(-c2ccc3c(c2)n(-c2[c-]c(Oc4[c-]c5c(cc4)c4ccccc4n5-c4cc(C([2H])([2H])[2H])c(-c5c([2H])c([2H])c([2H])c([2H])c5[2H])cn4)ccc2)[c-][n+]3-c2c(-c3c([2H])c([2H])c([2H])c([Si](c4c([2H])c([2H])c([2H])c([2H])c4[2H])(c4c([2H])c([2H])c([2H])c([2H])c4[2H])c4c([2H])c([2H])c([2H])c([2H])c4[2H])c3[2H])cccc2C(C)(C)C)c([2H])c1[2H].[Pt]. The van der Waals surface area contributed by atoms with Gasteiger partial charge in [-0.05, 0) is 101 Å². The van der Waals surface area contributed by atoms with Crippen LogP contribution in [0.4, 0.5) is 0 Å². The van der Waals surface area contributed by atoms with Crippen LogP contribution in [0.3, 0.4) is 0 Å². The Morgan fingerprint density at radius 2 is 1.15 bits per heavy atom. The van der Waals surface area contributed by atoms with Gasteiger partial charge >= 0.3 is 0 Å². The summed E-state index contributed by atoms with van der Waals surface area (Å²) in [7, 11) is -6.35. The summed E-state index contributed by atoms with van der Waals surface area (Å²) in [6.45, 7) is 2.47. The number of rotatable bonds is 12.